The molecular weight excluding hydrogens is 362 g/mol. The van der Waals surface area contributed by atoms with Crippen molar-refractivity contribution in [3.8, 4) is 0 Å². The van der Waals surface area contributed by atoms with Crippen molar-refractivity contribution in [2.75, 3.05) is 40.3 Å². The smallest absolute Gasteiger partial charge is 0.262 e. The average molecular weight is 390 g/mol. The van der Waals surface area contributed by atoms with E-state index in [1.165, 1.54) is 0 Å². The van der Waals surface area contributed by atoms with Crippen molar-refractivity contribution >= 4 is 16.8 Å². The van der Waals surface area contributed by atoms with Gasteiger partial charge in [-0.1, -0.05) is 6.07 Å². The molecule has 1 aromatic carbocycles. The Bertz CT molecular complexity index is 842. The molecule has 1 N–H and O–H groups in total. The SMILES string of the molecule is CN(C)C[C@@H]1CC(F)(F)CN1C1CCN(C(=O)c2ccc3cc[nH]c3c2)CC1. The molecule has 2 fully saturated rings. The number of amides is 1. The van der Waals surface area contributed by atoms with Crippen molar-refractivity contribution in [2.45, 2.75) is 37.3 Å². The lowest BCUT2D eigenvalue weighted by Crippen LogP contribution is -2.50. The summed E-state index contributed by atoms with van der Waals surface area (Å²) in [4.78, 5) is 21.8. The van der Waals surface area contributed by atoms with Crippen molar-refractivity contribution in [2.24, 2.45) is 0 Å². The molecule has 0 aliphatic carbocycles. The number of alkyl halides is 2. The Morgan fingerprint density at radius 1 is 1.25 bits per heavy atom. The number of halogens is 2. The number of piperidine rings is 1. The number of benzene rings is 1. The number of likely N-dealkylation sites (tertiary alicyclic amines) is 2. The minimum absolute atomic E-state index is 0.0199. The first kappa shape index (κ1) is 19.3. The van der Waals surface area contributed by atoms with Gasteiger partial charge in [0.2, 0.25) is 0 Å². The number of likely N-dealkylation sites (N-methyl/N-ethyl adjacent to an activating group) is 1. The van der Waals surface area contributed by atoms with E-state index < -0.39 is 5.92 Å². The number of hydrogen-bond donors (Lipinski definition) is 1. The second kappa shape index (κ2) is 7.44. The van der Waals surface area contributed by atoms with E-state index in [0.29, 0.717) is 25.2 Å². The summed E-state index contributed by atoms with van der Waals surface area (Å²) in [7, 11) is 3.85. The summed E-state index contributed by atoms with van der Waals surface area (Å²) in [6, 6.07) is 7.67. The van der Waals surface area contributed by atoms with Crippen LogP contribution in [0, 0.1) is 0 Å². The predicted molar refractivity (Wildman–Crippen MR) is 106 cm³/mol. The highest BCUT2D eigenvalue weighted by molar-refractivity contribution is 5.98. The zero-order valence-corrected chi connectivity index (χ0v) is 16.5. The van der Waals surface area contributed by atoms with Gasteiger partial charge in [0.15, 0.2) is 0 Å². The first-order valence-electron chi connectivity index (χ1n) is 9.97. The highest BCUT2D eigenvalue weighted by Crippen LogP contribution is 2.36. The first-order chi connectivity index (χ1) is 13.3. The normalized spacial score (nSPS) is 23.8. The third kappa shape index (κ3) is 3.91. The molecule has 1 atom stereocenters. The van der Waals surface area contributed by atoms with E-state index in [1.54, 1.807) is 0 Å². The molecule has 4 rings (SSSR count). The Morgan fingerprint density at radius 3 is 2.71 bits per heavy atom. The quantitative estimate of drug-likeness (QED) is 0.873. The van der Waals surface area contributed by atoms with Gasteiger partial charge in [0, 0.05) is 55.4 Å². The zero-order chi connectivity index (χ0) is 19.9. The van der Waals surface area contributed by atoms with Crippen molar-refractivity contribution in [1.29, 1.82) is 0 Å². The van der Waals surface area contributed by atoms with E-state index >= 15 is 0 Å². The number of H-pyrrole nitrogens is 1. The van der Waals surface area contributed by atoms with Gasteiger partial charge in [0.25, 0.3) is 11.8 Å². The van der Waals surface area contributed by atoms with Gasteiger partial charge in [0.05, 0.1) is 6.54 Å². The Kier molecular flexibility index (Phi) is 5.14. The summed E-state index contributed by atoms with van der Waals surface area (Å²) in [6.45, 7) is 1.71. The van der Waals surface area contributed by atoms with Crippen LogP contribution in [0.4, 0.5) is 8.78 Å². The van der Waals surface area contributed by atoms with E-state index in [0.717, 1.165) is 23.7 Å². The molecule has 0 spiro atoms. The molecule has 0 saturated carbocycles. The number of nitrogens with one attached hydrogen (secondary N) is 1. The molecule has 1 aromatic heterocycles. The van der Waals surface area contributed by atoms with Crippen LogP contribution in [0.3, 0.4) is 0 Å². The Labute approximate surface area is 164 Å². The van der Waals surface area contributed by atoms with Crippen LogP contribution in [-0.2, 0) is 0 Å². The van der Waals surface area contributed by atoms with Gasteiger partial charge < -0.3 is 14.8 Å². The summed E-state index contributed by atoms with van der Waals surface area (Å²) < 4.78 is 28.1. The van der Waals surface area contributed by atoms with Crippen LogP contribution in [-0.4, -0.2) is 83.9 Å². The lowest BCUT2D eigenvalue weighted by Gasteiger charge is -2.39. The third-order valence-corrected chi connectivity index (χ3v) is 6.02. The molecule has 2 saturated heterocycles. The van der Waals surface area contributed by atoms with Crippen LogP contribution < -0.4 is 0 Å². The largest absolute Gasteiger partial charge is 0.361 e. The minimum Gasteiger partial charge on any atom is -0.361 e. The summed E-state index contributed by atoms with van der Waals surface area (Å²) in [5.41, 5.74) is 1.62. The van der Waals surface area contributed by atoms with Gasteiger partial charge >= 0.3 is 0 Å². The molecular formula is C21H28F2N4O. The second-order valence-corrected chi connectivity index (χ2v) is 8.45. The number of hydrogen-bond acceptors (Lipinski definition) is 3. The maximum Gasteiger partial charge on any atom is 0.262 e. The Balaban J connectivity index is 1.40. The highest BCUT2D eigenvalue weighted by atomic mass is 19.3. The topological polar surface area (TPSA) is 42.6 Å². The van der Waals surface area contributed by atoms with Crippen molar-refractivity contribution < 1.29 is 13.6 Å². The minimum atomic E-state index is -2.61. The molecule has 152 valence electrons. The molecule has 28 heavy (non-hydrogen) atoms. The lowest BCUT2D eigenvalue weighted by molar-refractivity contribution is 0.00305. The van der Waals surface area contributed by atoms with E-state index in [4.69, 9.17) is 0 Å². The molecule has 0 unspecified atom stereocenters. The number of aromatic nitrogens is 1. The average Bonchev–Trinajstić information content (AvgIpc) is 3.23. The van der Waals surface area contributed by atoms with Gasteiger partial charge in [0.1, 0.15) is 0 Å². The van der Waals surface area contributed by atoms with Gasteiger partial charge in [-0.2, -0.15) is 0 Å². The fraction of sp³-hybridized carbons (Fsp3) is 0.571. The monoisotopic (exact) mass is 390 g/mol. The maximum atomic E-state index is 14.0. The van der Waals surface area contributed by atoms with Gasteiger partial charge in [-0.3, -0.25) is 9.69 Å². The predicted octanol–water partition coefficient (Wildman–Crippen LogP) is 3.04. The van der Waals surface area contributed by atoms with Crippen LogP contribution in [0.2, 0.25) is 0 Å². The zero-order valence-electron chi connectivity index (χ0n) is 16.5. The van der Waals surface area contributed by atoms with Crippen LogP contribution in [0.15, 0.2) is 30.5 Å². The van der Waals surface area contributed by atoms with Gasteiger partial charge in [-0.25, -0.2) is 8.78 Å². The summed E-state index contributed by atoms with van der Waals surface area (Å²) >= 11 is 0. The number of fused-ring (bicyclic) bond motifs is 1. The number of aromatic amines is 1. The molecule has 1 amide bonds. The maximum absolute atomic E-state index is 14.0. The molecule has 0 radical (unpaired) electrons. The number of carbonyl (C=O) groups excluding carboxylic acids is 1. The molecule has 0 bridgehead atoms. The third-order valence-electron chi connectivity index (χ3n) is 6.02. The van der Waals surface area contributed by atoms with Crippen molar-refractivity contribution in [3.63, 3.8) is 0 Å². The molecule has 2 aliphatic heterocycles. The molecule has 2 aromatic rings. The van der Waals surface area contributed by atoms with Crippen molar-refractivity contribution in [3.05, 3.63) is 36.0 Å². The number of carbonyl (C=O) groups is 1. The highest BCUT2D eigenvalue weighted by Gasteiger charge is 2.47. The summed E-state index contributed by atoms with van der Waals surface area (Å²) in [6.07, 6.45) is 3.29. The molecule has 3 heterocycles. The van der Waals surface area contributed by atoms with Crippen LogP contribution in [0.1, 0.15) is 29.6 Å². The molecule has 5 nitrogen and oxygen atoms in total. The van der Waals surface area contributed by atoms with Gasteiger partial charge in [-0.05, 0) is 50.5 Å². The first-order valence-corrected chi connectivity index (χ1v) is 9.97. The lowest BCUT2D eigenvalue weighted by atomic mass is 10.0. The number of rotatable bonds is 4. The standard InChI is InChI=1S/C21H28F2N4O/c1-25(2)13-18-12-21(22,23)14-27(18)17-6-9-26(10-7-17)20(28)16-4-3-15-5-8-24-19(15)11-16/h3-5,8,11,17-18,24H,6-7,9-10,12-14H2,1-2H3/t18-/m0/s1. The van der Waals surface area contributed by atoms with Crippen LogP contribution >= 0.6 is 0 Å². The Hall–Kier alpha value is -1.99. The molecule has 2 aliphatic rings. The van der Waals surface area contributed by atoms with Crippen LogP contribution in [0.25, 0.3) is 10.9 Å². The van der Waals surface area contributed by atoms with E-state index in [2.05, 4.69) is 4.98 Å². The van der Waals surface area contributed by atoms with Crippen molar-refractivity contribution in [1.82, 2.24) is 19.7 Å². The van der Waals surface area contributed by atoms with Gasteiger partial charge in [-0.15, -0.1) is 0 Å². The fourth-order valence-corrected chi connectivity index (χ4v) is 4.70. The van der Waals surface area contributed by atoms with E-state index in [1.807, 2.05) is 59.3 Å². The fourth-order valence-electron chi connectivity index (χ4n) is 4.70. The molecule has 7 heteroatoms. The summed E-state index contributed by atoms with van der Waals surface area (Å²) in [5, 5.41) is 1.08. The Morgan fingerprint density at radius 2 is 2.00 bits per heavy atom. The van der Waals surface area contributed by atoms with E-state index in [-0.39, 0.29) is 31.0 Å². The van der Waals surface area contributed by atoms with Crippen LogP contribution in [0.5, 0.6) is 0 Å². The summed E-state index contributed by atoms with van der Waals surface area (Å²) in [5.74, 6) is -2.59. The van der Waals surface area contributed by atoms with E-state index in [9.17, 15) is 13.6 Å². The number of nitrogens with zero attached hydrogens (tertiary/aromatic N) is 3. The second-order valence-electron chi connectivity index (χ2n) is 8.45.